The van der Waals surface area contributed by atoms with Gasteiger partial charge in [-0.1, -0.05) is 31.9 Å². The van der Waals surface area contributed by atoms with E-state index in [-0.39, 0.29) is 18.3 Å². The monoisotopic (exact) mass is 368 g/mol. The maximum Gasteiger partial charge on any atom is 0.254 e. The normalized spacial score (nSPS) is 26.5. The third kappa shape index (κ3) is 6.26. The van der Waals surface area contributed by atoms with Gasteiger partial charge in [0.25, 0.3) is 5.91 Å². The van der Waals surface area contributed by atoms with Crippen molar-refractivity contribution in [3.05, 3.63) is 29.8 Å². The Bertz CT molecular complexity index is 549. The van der Waals surface area contributed by atoms with Gasteiger partial charge in [-0.2, -0.15) is 0 Å². The molecule has 1 aliphatic heterocycles. The molecule has 6 heteroatoms. The molecule has 0 spiro atoms. The Morgan fingerprint density at radius 2 is 2.28 bits per heavy atom. The van der Waals surface area contributed by atoms with Crippen LogP contribution >= 0.6 is 12.4 Å². The molecule has 140 valence electrons. The van der Waals surface area contributed by atoms with E-state index in [0.29, 0.717) is 25.9 Å². The molecule has 3 rings (SSSR count). The third-order valence-electron chi connectivity index (χ3n) is 4.79. The Kier molecular flexibility index (Phi) is 8.16. The molecule has 5 nitrogen and oxygen atoms in total. The molecule has 3 atom stereocenters. The number of carbonyl (C=O) groups is 1. The molecule has 1 saturated heterocycles. The van der Waals surface area contributed by atoms with E-state index in [9.17, 15) is 4.79 Å². The van der Waals surface area contributed by atoms with E-state index in [1.165, 1.54) is 12.8 Å². The molecule has 2 aliphatic rings. The summed E-state index contributed by atoms with van der Waals surface area (Å²) in [6.07, 6.45) is 4.85. The van der Waals surface area contributed by atoms with Gasteiger partial charge in [0.2, 0.25) is 0 Å². The molecule has 25 heavy (non-hydrogen) atoms. The molecule has 1 amide bonds. The molecule has 3 unspecified atom stereocenters. The van der Waals surface area contributed by atoms with Gasteiger partial charge in [0.05, 0.1) is 19.3 Å². The van der Waals surface area contributed by atoms with Crippen LogP contribution in [0.15, 0.2) is 24.3 Å². The molecule has 1 aromatic rings. The summed E-state index contributed by atoms with van der Waals surface area (Å²) in [6, 6.07) is 7.89. The summed E-state index contributed by atoms with van der Waals surface area (Å²) in [5.41, 5.74) is 1.89. The van der Waals surface area contributed by atoms with Crippen LogP contribution in [-0.2, 0) is 20.9 Å². The highest BCUT2D eigenvalue weighted by Crippen LogP contribution is 2.26. The average Bonchev–Trinajstić information content (AvgIpc) is 2.61. The zero-order valence-corrected chi connectivity index (χ0v) is 15.6. The summed E-state index contributed by atoms with van der Waals surface area (Å²) < 4.78 is 11.5. The van der Waals surface area contributed by atoms with Gasteiger partial charge in [0.15, 0.2) is 0 Å². The molecule has 0 radical (unpaired) electrons. The van der Waals surface area contributed by atoms with Gasteiger partial charge in [-0.25, -0.2) is 0 Å². The average molecular weight is 369 g/mol. The van der Waals surface area contributed by atoms with Crippen LogP contribution in [0.25, 0.3) is 0 Å². The van der Waals surface area contributed by atoms with Crippen LogP contribution in [0.2, 0.25) is 0 Å². The molecule has 1 aliphatic carbocycles. The van der Waals surface area contributed by atoms with Crippen molar-refractivity contribution in [1.82, 2.24) is 5.32 Å². The van der Waals surface area contributed by atoms with Crippen molar-refractivity contribution < 1.29 is 14.3 Å². The van der Waals surface area contributed by atoms with E-state index in [1.807, 2.05) is 24.3 Å². The highest BCUT2D eigenvalue weighted by atomic mass is 35.5. The lowest BCUT2D eigenvalue weighted by atomic mass is 9.89. The van der Waals surface area contributed by atoms with E-state index >= 15 is 0 Å². The lowest BCUT2D eigenvalue weighted by Crippen LogP contribution is -2.45. The van der Waals surface area contributed by atoms with Crippen molar-refractivity contribution in [2.75, 3.05) is 25.0 Å². The van der Waals surface area contributed by atoms with Crippen LogP contribution in [0.4, 0.5) is 5.69 Å². The molecule has 1 aromatic carbocycles. The van der Waals surface area contributed by atoms with E-state index in [1.54, 1.807) is 0 Å². The fraction of sp³-hybridized carbons (Fsp3) is 0.632. The smallest absolute Gasteiger partial charge is 0.254 e. The minimum Gasteiger partial charge on any atom is -0.374 e. The summed E-state index contributed by atoms with van der Waals surface area (Å²) in [5, 5.41) is 6.10. The van der Waals surface area contributed by atoms with Gasteiger partial charge in [-0.15, -0.1) is 12.4 Å². The number of nitrogens with one attached hydrogen (secondary N) is 2. The highest BCUT2D eigenvalue weighted by Gasteiger charge is 2.22. The number of amides is 1. The first-order valence-electron chi connectivity index (χ1n) is 9.04. The minimum atomic E-state index is -0.414. The number of hydrogen-bond acceptors (Lipinski definition) is 4. The van der Waals surface area contributed by atoms with Crippen LogP contribution in [0.1, 0.15) is 38.2 Å². The van der Waals surface area contributed by atoms with Gasteiger partial charge in [-0.05, 0) is 36.5 Å². The van der Waals surface area contributed by atoms with E-state index in [4.69, 9.17) is 9.47 Å². The van der Waals surface area contributed by atoms with Crippen molar-refractivity contribution in [2.24, 2.45) is 5.92 Å². The van der Waals surface area contributed by atoms with Crippen LogP contribution < -0.4 is 10.6 Å². The second kappa shape index (κ2) is 10.1. The van der Waals surface area contributed by atoms with Crippen LogP contribution in [0, 0.1) is 5.92 Å². The third-order valence-corrected chi connectivity index (χ3v) is 4.79. The van der Waals surface area contributed by atoms with Crippen LogP contribution in [0.5, 0.6) is 0 Å². The standard InChI is InChI=1S/C19H28N2O3.ClH/c1-14-4-2-7-17(10-14)24-13-15-5-3-6-16(11-15)21-19(22)18-12-20-8-9-23-18;/h3,5-6,11,14,17-18,20H,2,4,7-10,12-13H2,1H3,(H,21,22);1H. The van der Waals surface area contributed by atoms with Crippen molar-refractivity contribution in [2.45, 2.75) is 51.4 Å². The fourth-order valence-corrected chi connectivity index (χ4v) is 3.44. The minimum absolute atomic E-state index is 0. The molecule has 2 N–H and O–H groups in total. The van der Waals surface area contributed by atoms with Crippen molar-refractivity contribution >= 4 is 24.0 Å². The first-order chi connectivity index (χ1) is 11.7. The topological polar surface area (TPSA) is 59.6 Å². The second-order valence-electron chi connectivity index (χ2n) is 6.96. The summed E-state index contributed by atoms with van der Waals surface area (Å²) in [6.45, 7) is 4.84. The van der Waals surface area contributed by atoms with Gasteiger partial charge >= 0.3 is 0 Å². The molecule has 0 bridgehead atoms. The Morgan fingerprint density at radius 1 is 1.40 bits per heavy atom. The summed E-state index contributed by atoms with van der Waals surface area (Å²) in [5.74, 6) is 0.667. The molecule has 1 saturated carbocycles. The zero-order chi connectivity index (χ0) is 16.8. The van der Waals surface area contributed by atoms with E-state index < -0.39 is 6.10 Å². The maximum absolute atomic E-state index is 12.2. The van der Waals surface area contributed by atoms with Crippen LogP contribution in [0.3, 0.4) is 0 Å². The van der Waals surface area contributed by atoms with Gasteiger partial charge in [0.1, 0.15) is 6.10 Å². The molecule has 1 heterocycles. The largest absolute Gasteiger partial charge is 0.374 e. The van der Waals surface area contributed by atoms with Crippen LogP contribution in [-0.4, -0.2) is 37.8 Å². The Balaban J connectivity index is 0.00000225. The highest BCUT2D eigenvalue weighted by molar-refractivity contribution is 5.94. The molecule has 0 aromatic heterocycles. The van der Waals surface area contributed by atoms with Crippen molar-refractivity contribution in [3.8, 4) is 0 Å². The predicted molar refractivity (Wildman–Crippen MR) is 101 cm³/mol. The molecule has 2 fully saturated rings. The fourth-order valence-electron chi connectivity index (χ4n) is 3.44. The zero-order valence-electron chi connectivity index (χ0n) is 14.8. The number of rotatable bonds is 5. The number of ether oxygens (including phenoxy) is 2. The first-order valence-corrected chi connectivity index (χ1v) is 9.04. The molecular weight excluding hydrogens is 340 g/mol. The van der Waals surface area contributed by atoms with Gasteiger partial charge in [0, 0.05) is 18.8 Å². The Morgan fingerprint density at radius 3 is 3.04 bits per heavy atom. The van der Waals surface area contributed by atoms with E-state index in [0.717, 1.165) is 36.6 Å². The Hall–Kier alpha value is -1.14. The number of anilines is 1. The number of benzene rings is 1. The van der Waals surface area contributed by atoms with E-state index in [2.05, 4.69) is 17.6 Å². The summed E-state index contributed by atoms with van der Waals surface area (Å²) >= 11 is 0. The lowest BCUT2D eigenvalue weighted by molar-refractivity contribution is -0.128. The van der Waals surface area contributed by atoms with Crippen molar-refractivity contribution in [3.63, 3.8) is 0 Å². The Labute approximate surface area is 156 Å². The van der Waals surface area contributed by atoms with Gasteiger partial charge < -0.3 is 20.1 Å². The SMILES string of the molecule is CC1CCCC(OCc2cccc(NC(=O)C3CNCCO3)c2)C1.Cl. The quantitative estimate of drug-likeness (QED) is 0.838. The predicted octanol–water partition coefficient (Wildman–Crippen LogP) is 3.13. The maximum atomic E-state index is 12.2. The number of morpholine rings is 1. The molecular formula is C19H29ClN2O3. The van der Waals surface area contributed by atoms with Crippen molar-refractivity contribution in [1.29, 1.82) is 0 Å². The lowest BCUT2D eigenvalue weighted by Gasteiger charge is -2.27. The first kappa shape index (κ1) is 20.2. The number of carbonyl (C=O) groups excluding carboxylic acids is 1. The second-order valence-corrected chi connectivity index (χ2v) is 6.96. The summed E-state index contributed by atoms with van der Waals surface area (Å²) in [4.78, 5) is 12.2. The van der Waals surface area contributed by atoms with Gasteiger partial charge in [-0.3, -0.25) is 4.79 Å². The summed E-state index contributed by atoms with van der Waals surface area (Å²) in [7, 11) is 0. The number of halogens is 1. The number of hydrogen-bond donors (Lipinski definition) is 2.